The zero-order valence-electron chi connectivity index (χ0n) is 24.6. The van der Waals surface area contributed by atoms with Crippen molar-refractivity contribution in [3.05, 3.63) is 34.7 Å². The molecule has 4 aliphatic heterocycles. The minimum atomic E-state index is -5.75. The second-order valence-electron chi connectivity index (χ2n) is 13.1. The van der Waals surface area contributed by atoms with Crippen molar-refractivity contribution in [3.63, 3.8) is 0 Å². The summed E-state index contributed by atoms with van der Waals surface area (Å²) < 4.78 is 45.9. The molecule has 0 radical (unpaired) electrons. The topological polar surface area (TPSA) is 140 Å². The molecule has 1 aromatic heterocycles. The van der Waals surface area contributed by atoms with Gasteiger partial charge in [-0.25, -0.2) is 0 Å². The van der Waals surface area contributed by atoms with E-state index in [9.17, 15) is 27.7 Å². The third-order valence-corrected chi connectivity index (χ3v) is 12.4. The number of carbonyl (C=O) groups excluding carboxylic acids is 3. The largest absolute Gasteiger partial charge is 0.399 e. The van der Waals surface area contributed by atoms with Gasteiger partial charge in [-0.1, -0.05) is 6.07 Å². The summed E-state index contributed by atoms with van der Waals surface area (Å²) in [6.45, 7) is 4.40. The summed E-state index contributed by atoms with van der Waals surface area (Å²) in [5, 5.41) is 3.14. The Morgan fingerprint density at radius 1 is 1.00 bits per heavy atom. The van der Waals surface area contributed by atoms with Crippen LogP contribution in [0.15, 0.2) is 24.3 Å². The minimum absolute atomic E-state index is 0.0213. The Labute approximate surface area is 263 Å². The van der Waals surface area contributed by atoms with Gasteiger partial charge >= 0.3 is 13.3 Å². The molecule has 244 valence electrons. The highest BCUT2D eigenvalue weighted by Crippen LogP contribution is 2.59. The fourth-order valence-electron chi connectivity index (χ4n) is 7.76. The Morgan fingerprint density at radius 3 is 2.51 bits per heavy atom. The lowest BCUT2D eigenvalue weighted by Gasteiger charge is -2.36. The number of rotatable bonds is 6. The monoisotopic (exact) mass is 666 g/mol. The Morgan fingerprint density at radius 2 is 1.76 bits per heavy atom. The lowest BCUT2D eigenvalue weighted by molar-refractivity contribution is -0.146. The molecule has 7 rings (SSSR count). The van der Waals surface area contributed by atoms with Crippen molar-refractivity contribution in [2.24, 2.45) is 11.8 Å². The molecule has 1 aliphatic carbocycles. The molecule has 45 heavy (non-hydrogen) atoms. The van der Waals surface area contributed by atoms with Gasteiger partial charge in [-0.15, -0.1) is 11.3 Å². The molecule has 6 atom stereocenters. The molecule has 0 bridgehead atoms. The van der Waals surface area contributed by atoms with Crippen LogP contribution in [0.5, 0.6) is 0 Å². The summed E-state index contributed by atoms with van der Waals surface area (Å²) in [6, 6.07) is 3.49. The molecule has 4 saturated heterocycles. The number of likely N-dealkylation sites (tertiary alicyclic amines) is 1. The van der Waals surface area contributed by atoms with Crippen molar-refractivity contribution in [2.75, 3.05) is 39.4 Å². The smallest absolute Gasteiger partial charge is 0.379 e. The quantitative estimate of drug-likeness (QED) is 0.400. The fraction of sp³-hybridized carbons (Fsp3) is 0.633. The summed E-state index contributed by atoms with van der Waals surface area (Å²) in [5.74, 6) is -0.0176. The van der Waals surface area contributed by atoms with Gasteiger partial charge in [0, 0.05) is 48.5 Å². The predicted octanol–water partition coefficient (Wildman–Crippen LogP) is 2.95. The standard InChI is InChI=1S/C30H37F2N4O7PS/c31-30(32,44(40,41)42)20-1-4-25-19(12-20)15-26(45-25)27(37)33-23-14-18-11-17(18)13-21-2-3-24(36(21)28(23)38)29(39)35-6-5-22(16-35)34-7-9-43-10-8-34/h1,4,12,15,17-18,21-24H,2-3,5-11,13-14,16H2,(H,33,37)(H2,40,41,42)/t17-,18+,21-,22+,23+,24+/m1/s1. The van der Waals surface area contributed by atoms with Gasteiger partial charge in [0.1, 0.15) is 12.1 Å². The average Bonchev–Trinajstić information content (AvgIpc) is 3.40. The summed E-state index contributed by atoms with van der Waals surface area (Å²) in [4.78, 5) is 65.9. The zero-order valence-corrected chi connectivity index (χ0v) is 26.4. The first-order valence-electron chi connectivity index (χ1n) is 15.6. The van der Waals surface area contributed by atoms with E-state index in [-0.39, 0.29) is 34.2 Å². The lowest BCUT2D eigenvalue weighted by atomic mass is 9.99. The number of benzene rings is 1. The molecular weight excluding hydrogens is 629 g/mol. The summed E-state index contributed by atoms with van der Waals surface area (Å²) >= 11 is 1.05. The number of nitrogens with zero attached hydrogens (tertiary/aromatic N) is 3. The van der Waals surface area contributed by atoms with Crippen LogP contribution in [0.25, 0.3) is 10.1 Å². The molecule has 0 spiro atoms. The van der Waals surface area contributed by atoms with E-state index in [0.717, 1.165) is 62.2 Å². The normalized spacial score (nSPS) is 31.0. The van der Waals surface area contributed by atoms with Crippen molar-refractivity contribution < 1.29 is 42.3 Å². The molecule has 1 aromatic carbocycles. The van der Waals surface area contributed by atoms with Crippen LogP contribution in [-0.4, -0.2) is 106 Å². The van der Waals surface area contributed by atoms with E-state index in [1.54, 1.807) is 4.90 Å². The number of ether oxygens (including phenoxy) is 1. The number of fused-ring (bicyclic) bond motifs is 3. The SMILES string of the molecule is O=C(N[C@H]1C[C@@H]2C[C@@H]2C[C@H]2CC[C@@H](C(=O)N3CC[C@H](N4CCOCC4)C3)N2C1=O)c1cc2cc(C(F)(F)P(=O)(O)O)ccc2s1. The van der Waals surface area contributed by atoms with E-state index in [2.05, 4.69) is 10.2 Å². The average molecular weight is 667 g/mol. The van der Waals surface area contributed by atoms with Crippen LogP contribution >= 0.6 is 18.9 Å². The van der Waals surface area contributed by atoms with Crippen LogP contribution in [0.4, 0.5) is 8.78 Å². The Hall–Kier alpha value is -2.48. The fourth-order valence-corrected chi connectivity index (χ4v) is 9.19. The minimum Gasteiger partial charge on any atom is -0.379 e. The van der Waals surface area contributed by atoms with Gasteiger partial charge in [-0.3, -0.25) is 23.8 Å². The van der Waals surface area contributed by atoms with Crippen molar-refractivity contribution in [1.82, 2.24) is 20.0 Å². The first-order valence-corrected chi connectivity index (χ1v) is 18.0. The van der Waals surface area contributed by atoms with Crippen LogP contribution < -0.4 is 5.32 Å². The van der Waals surface area contributed by atoms with E-state index >= 15 is 0 Å². The van der Waals surface area contributed by atoms with Crippen molar-refractivity contribution in [3.8, 4) is 0 Å². The van der Waals surface area contributed by atoms with Crippen LogP contribution in [0.2, 0.25) is 0 Å². The molecule has 5 fully saturated rings. The van der Waals surface area contributed by atoms with Gasteiger partial charge in [-0.05, 0) is 73.9 Å². The van der Waals surface area contributed by atoms with Crippen molar-refractivity contribution in [2.45, 2.75) is 68.4 Å². The zero-order chi connectivity index (χ0) is 31.7. The van der Waals surface area contributed by atoms with E-state index in [4.69, 9.17) is 14.5 Å². The van der Waals surface area contributed by atoms with Crippen molar-refractivity contribution >= 4 is 46.7 Å². The summed E-state index contributed by atoms with van der Waals surface area (Å²) in [7, 11) is -5.75. The molecule has 3 amide bonds. The number of hydrogen-bond donors (Lipinski definition) is 3. The van der Waals surface area contributed by atoms with Gasteiger partial charge < -0.3 is 29.6 Å². The highest BCUT2D eigenvalue weighted by molar-refractivity contribution is 7.52. The Balaban J connectivity index is 1.07. The molecule has 3 N–H and O–H groups in total. The van der Waals surface area contributed by atoms with E-state index < -0.39 is 36.8 Å². The maximum absolute atomic E-state index is 14.3. The highest BCUT2D eigenvalue weighted by Gasteiger charge is 2.53. The number of nitrogens with one attached hydrogen (secondary N) is 1. The molecule has 0 unspecified atom stereocenters. The molecule has 2 aromatic rings. The van der Waals surface area contributed by atoms with Crippen LogP contribution in [-0.2, 0) is 24.6 Å². The molecule has 5 heterocycles. The van der Waals surface area contributed by atoms with Crippen molar-refractivity contribution in [1.29, 1.82) is 0 Å². The molecular formula is C30H37F2N4O7PS. The number of hydrogen-bond acceptors (Lipinski definition) is 7. The van der Waals surface area contributed by atoms with Gasteiger partial charge in [0.05, 0.1) is 18.1 Å². The number of thiophene rings is 1. The highest BCUT2D eigenvalue weighted by atomic mass is 32.1. The summed E-state index contributed by atoms with van der Waals surface area (Å²) in [6.07, 6.45) is 4.58. The second kappa shape index (κ2) is 11.6. The van der Waals surface area contributed by atoms with Gasteiger partial charge in [0.2, 0.25) is 11.8 Å². The van der Waals surface area contributed by atoms with E-state index in [1.165, 1.54) is 12.1 Å². The van der Waals surface area contributed by atoms with Crippen LogP contribution in [0, 0.1) is 11.8 Å². The number of amides is 3. The van der Waals surface area contributed by atoms with E-state index in [0.29, 0.717) is 55.7 Å². The van der Waals surface area contributed by atoms with Gasteiger partial charge in [0.25, 0.3) is 5.91 Å². The number of alkyl halides is 2. The van der Waals surface area contributed by atoms with Gasteiger partial charge in [0.15, 0.2) is 0 Å². The van der Waals surface area contributed by atoms with Gasteiger partial charge in [-0.2, -0.15) is 8.78 Å². The molecule has 15 heteroatoms. The Bertz CT molecular complexity index is 1560. The first kappa shape index (κ1) is 31.1. The maximum atomic E-state index is 14.3. The maximum Gasteiger partial charge on any atom is 0.399 e. The lowest BCUT2D eigenvalue weighted by Crippen LogP contribution is -2.57. The van der Waals surface area contributed by atoms with E-state index in [1.807, 2.05) is 4.90 Å². The number of morpholine rings is 1. The second-order valence-corrected chi connectivity index (χ2v) is 15.8. The number of carbonyl (C=O) groups is 3. The van der Waals surface area contributed by atoms with Crippen LogP contribution in [0.1, 0.15) is 53.8 Å². The van der Waals surface area contributed by atoms with Crippen LogP contribution in [0.3, 0.4) is 0 Å². The molecule has 1 saturated carbocycles. The Kier molecular flexibility index (Phi) is 8.06. The number of halogens is 2. The third-order valence-electron chi connectivity index (χ3n) is 10.3. The first-order chi connectivity index (χ1) is 21.4. The predicted molar refractivity (Wildman–Crippen MR) is 161 cm³/mol. The molecule has 11 nitrogen and oxygen atoms in total. The third kappa shape index (κ3) is 5.82. The summed E-state index contributed by atoms with van der Waals surface area (Å²) in [5.41, 5.74) is -5.20. The molecule has 5 aliphatic rings.